The SMILES string of the molecule is Fc1ccc(C(Br)c2cc3c(cc2Cl)OCCO3)c(Cl)c1. The maximum absolute atomic E-state index is 13.2. The van der Waals surface area contributed by atoms with Gasteiger partial charge in [0.05, 0.1) is 4.83 Å². The van der Waals surface area contributed by atoms with Crippen molar-refractivity contribution in [2.45, 2.75) is 4.83 Å². The largest absolute Gasteiger partial charge is 0.486 e. The van der Waals surface area contributed by atoms with E-state index < -0.39 is 0 Å². The molecule has 2 nitrogen and oxygen atoms in total. The highest BCUT2D eigenvalue weighted by Crippen LogP contribution is 2.43. The van der Waals surface area contributed by atoms with Crippen LogP contribution in [0.4, 0.5) is 4.39 Å². The molecule has 1 unspecified atom stereocenters. The average molecular weight is 392 g/mol. The molecule has 0 aliphatic carbocycles. The van der Waals surface area contributed by atoms with Crippen LogP contribution in [0, 0.1) is 5.82 Å². The summed E-state index contributed by atoms with van der Waals surface area (Å²) in [4.78, 5) is -0.270. The Labute approximate surface area is 139 Å². The summed E-state index contributed by atoms with van der Waals surface area (Å²) in [6.45, 7) is 1.00. The quantitative estimate of drug-likeness (QED) is 0.639. The molecule has 0 amide bonds. The predicted molar refractivity (Wildman–Crippen MR) is 84.6 cm³/mol. The molecule has 2 aromatic rings. The van der Waals surface area contributed by atoms with Crippen LogP contribution < -0.4 is 9.47 Å². The summed E-state index contributed by atoms with van der Waals surface area (Å²) >= 11 is 16.0. The van der Waals surface area contributed by atoms with Gasteiger partial charge in [0, 0.05) is 16.1 Å². The fourth-order valence-corrected chi connectivity index (χ4v) is 3.73. The highest BCUT2D eigenvalue weighted by molar-refractivity contribution is 9.09. The molecule has 0 bridgehead atoms. The van der Waals surface area contributed by atoms with Crippen molar-refractivity contribution < 1.29 is 13.9 Å². The van der Waals surface area contributed by atoms with E-state index in [4.69, 9.17) is 32.7 Å². The number of hydrogen-bond acceptors (Lipinski definition) is 2. The molecule has 2 aromatic carbocycles. The van der Waals surface area contributed by atoms with Gasteiger partial charge in [-0.3, -0.25) is 0 Å². The van der Waals surface area contributed by atoms with E-state index >= 15 is 0 Å². The molecule has 0 spiro atoms. The predicted octanol–water partition coefficient (Wildman–Crippen LogP) is 5.39. The van der Waals surface area contributed by atoms with Crippen LogP contribution in [0.25, 0.3) is 0 Å². The maximum atomic E-state index is 13.2. The van der Waals surface area contributed by atoms with Crippen LogP contribution >= 0.6 is 39.1 Å². The van der Waals surface area contributed by atoms with Gasteiger partial charge in [-0.2, -0.15) is 0 Å². The second kappa shape index (κ2) is 6.03. The minimum absolute atomic E-state index is 0.270. The summed E-state index contributed by atoms with van der Waals surface area (Å²) in [5, 5.41) is 0.865. The van der Waals surface area contributed by atoms with Crippen LogP contribution in [0.15, 0.2) is 30.3 Å². The van der Waals surface area contributed by atoms with Crippen LogP contribution in [0.1, 0.15) is 16.0 Å². The molecule has 21 heavy (non-hydrogen) atoms. The first-order valence-corrected chi connectivity index (χ1v) is 7.91. The van der Waals surface area contributed by atoms with Gasteiger partial charge in [-0.15, -0.1) is 0 Å². The molecule has 6 heteroatoms. The summed E-state index contributed by atoms with van der Waals surface area (Å²) in [5.41, 5.74) is 1.52. The number of fused-ring (bicyclic) bond motifs is 1. The smallest absolute Gasteiger partial charge is 0.162 e. The van der Waals surface area contributed by atoms with Crippen LogP contribution in [-0.4, -0.2) is 13.2 Å². The van der Waals surface area contributed by atoms with Gasteiger partial charge >= 0.3 is 0 Å². The summed E-state index contributed by atoms with van der Waals surface area (Å²) in [6, 6.07) is 7.80. The van der Waals surface area contributed by atoms with Gasteiger partial charge in [-0.1, -0.05) is 45.2 Å². The van der Waals surface area contributed by atoms with Crippen LogP contribution in [0.5, 0.6) is 11.5 Å². The zero-order valence-electron chi connectivity index (χ0n) is 10.7. The van der Waals surface area contributed by atoms with E-state index in [0.717, 1.165) is 11.1 Å². The Bertz CT molecular complexity index is 694. The average Bonchev–Trinajstić information content (AvgIpc) is 2.46. The number of alkyl halides is 1. The lowest BCUT2D eigenvalue weighted by Gasteiger charge is -2.21. The Hall–Kier alpha value is -0.970. The Morgan fingerprint density at radius 2 is 1.57 bits per heavy atom. The zero-order chi connectivity index (χ0) is 15.0. The van der Waals surface area contributed by atoms with Crippen molar-refractivity contribution >= 4 is 39.1 Å². The lowest BCUT2D eigenvalue weighted by Crippen LogP contribution is -2.15. The first-order chi connectivity index (χ1) is 10.1. The molecule has 1 atom stereocenters. The Morgan fingerprint density at radius 3 is 2.24 bits per heavy atom. The number of rotatable bonds is 2. The standard InChI is InChI=1S/C15H10BrCl2FO2/c16-15(9-2-1-8(19)5-11(9)17)10-6-13-14(7-12(10)18)21-4-3-20-13/h1-2,5-7,15H,3-4H2. The van der Waals surface area contributed by atoms with Gasteiger partial charge in [0.15, 0.2) is 11.5 Å². The zero-order valence-corrected chi connectivity index (χ0v) is 13.8. The molecule has 0 saturated heterocycles. The molecular formula is C15H10BrCl2FO2. The van der Waals surface area contributed by atoms with E-state index in [1.165, 1.54) is 12.1 Å². The fraction of sp³-hybridized carbons (Fsp3) is 0.200. The van der Waals surface area contributed by atoms with Crippen LogP contribution in [-0.2, 0) is 0 Å². The second-order valence-corrected chi connectivity index (χ2v) is 6.28. The second-order valence-electron chi connectivity index (χ2n) is 4.55. The van der Waals surface area contributed by atoms with Crippen molar-refractivity contribution in [2.24, 2.45) is 0 Å². The number of benzene rings is 2. The van der Waals surface area contributed by atoms with Gasteiger partial charge in [-0.25, -0.2) is 4.39 Å². The lowest BCUT2D eigenvalue weighted by atomic mass is 10.0. The summed E-state index contributed by atoms with van der Waals surface area (Å²) < 4.78 is 24.2. The Morgan fingerprint density at radius 1 is 0.952 bits per heavy atom. The lowest BCUT2D eigenvalue weighted by molar-refractivity contribution is 0.171. The maximum Gasteiger partial charge on any atom is 0.162 e. The molecule has 3 rings (SSSR count). The topological polar surface area (TPSA) is 18.5 Å². The van der Waals surface area contributed by atoms with E-state index in [-0.39, 0.29) is 10.6 Å². The number of halogens is 4. The molecule has 1 aliphatic heterocycles. The summed E-state index contributed by atoms with van der Waals surface area (Å²) in [5.74, 6) is 0.889. The Balaban J connectivity index is 2.03. The first kappa shape index (κ1) is 14.9. The van der Waals surface area contributed by atoms with Gasteiger partial charge < -0.3 is 9.47 Å². The molecule has 1 aliphatic rings. The van der Waals surface area contributed by atoms with Gasteiger partial charge in [-0.05, 0) is 29.3 Å². The van der Waals surface area contributed by atoms with Crippen molar-refractivity contribution in [3.05, 3.63) is 57.3 Å². The van der Waals surface area contributed by atoms with E-state index in [0.29, 0.717) is 34.8 Å². The van der Waals surface area contributed by atoms with Crippen molar-refractivity contribution in [1.82, 2.24) is 0 Å². The van der Waals surface area contributed by atoms with Crippen LogP contribution in [0.3, 0.4) is 0 Å². The van der Waals surface area contributed by atoms with E-state index in [9.17, 15) is 4.39 Å². The third kappa shape index (κ3) is 2.98. The monoisotopic (exact) mass is 390 g/mol. The minimum atomic E-state index is -0.378. The van der Waals surface area contributed by atoms with E-state index in [1.807, 2.05) is 6.07 Å². The summed E-state index contributed by atoms with van der Waals surface area (Å²) in [6.07, 6.45) is 0. The molecule has 0 saturated carbocycles. The number of hydrogen-bond donors (Lipinski definition) is 0. The third-order valence-corrected chi connectivity index (χ3v) is 4.81. The highest BCUT2D eigenvalue weighted by atomic mass is 79.9. The summed E-state index contributed by atoms with van der Waals surface area (Å²) in [7, 11) is 0. The normalized spacial score (nSPS) is 14.9. The minimum Gasteiger partial charge on any atom is -0.486 e. The van der Waals surface area contributed by atoms with Crippen LogP contribution in [0.2, 0.25) is 10.0 Å². The van der Waals surface area contributed by atoms with Crippen molar-refractivity contribution in [1.29, 1.82) is 0 Å². The molecule has 110 valence electrons. The third-order valence-electron chi connectivity index (χ3n) is 3.17. The molecule has 1 heterocycles. The van der Waals surface area contributed by atoms with Crippen molar-refractivity contribution in [3.8, 4) is 11.5 Å². The van der Waals surface area contributed by atoms with E-state index in [2.05, 4.69) is 15.9 Å². The van der Waals surface area contributed by atoms with Gasteiger partial charge in [0.25, 0.3) is 0 Å². The van der Waals surface area contributed by atoms with E-state index in [1.54, 1.807) is 12.1 Å². The number of ether oxygens (including phenoxy) is 2. The van der Waals surface area contributed by atoms with Crippen molar-refractivity contribution in [3.63, 3.8) is 0 Å². The molecule has 0 radical (unpaired) electrons. The molecule has 0 aromatic heterocycles. The molecular weight excluding hydrogens is 382 g/mol. The first-order valence-electron chi connectivity index (χ1n) is 6.24. The van der Waals surface area contributed by atoms with Gasteiger partial charge in [0.2, 0.25) is 0 Å². The molecule has 0 fully saturated rings. The molecule has 0 N–H and O–H groups in total. The highest BCUT2D eigenvalue weighted by Gasteiger charge is 2.21. The Kier molecular flexibility index (Phi) is 4.29. The van der Waals surface area contributed by atoms with Crippen molar-refractivity contribution in [2.75, 3.05) is 13.2 Å². The van der Waals surface area contributed by atoms with Gasteiger partial charge in [0.1, 0.15) is 19.0 Å². The fourth-order valence-electron chi connectivity index (χ4n) is 2.15.